The largest absolute Gasteiger partial charge is 0.491 e. The highest BCUT2D eigenvalue weighted by atomic mass is 16.5. The third-order valence-electron chi connectivity index (χ3n) is 4.26. The highest BCUT2D eigenvalue weighted by Crippen LogP contribution is 2.23. The van der Waals surface area contributed by atoms with Crippen LogP contribution in [0.15, 0.2) is 42.7 Å². The summed E-state index contributed by atoms with van der Waals surface area (Å²) in [6, 6.07) is 9.83. The predicted molar refractivity (Wildman–Crippen MR) is 89.2 cm³/mol. The number of carbonyl (C=O) groups is 1. The zero-order valence-corrected chi connectivity index (χ0v) is 13.4. The van der Waals surface area contributed by atoms with E-state index in [1.807, 2.05) is 31.2 Å². The van der Waals surface area contributed by atoms with Gasteiger partial charge in [0.15, 0.2) is 5.65 Å². The van der Waals surface area contributed by atoms with E-state index in [4.69, 9.17) is 4.74 Å². The van der Waals surface area contributed by atoms with Gasteiger partial charge in [-0.1, -0.05) is 18.2 Å². The van der Waals surface area contributed by atoms with E-state index in [1.165, 1.54) is 5.56 Å². The lowest BCUT2D eigenvalue weighted by Crippen LogP contribution is -2.38. The molecule has 0 bridgehead atoms. The molecule has 1 atom stereocenters. The fourth-order valence-corrected chi connectivity index (χ4v) is 2.95. The third-order valence-corrected chi connectivity index (χ3v) is 4.26. The zero-order chi connectivity index (χ0) is 16.5. The second-order valence-electron chi connectivity index (χ2n) is 6.02. The van der Waals surface area contributed by atoms with Gasteiger partial charge in [-0.15, -0.1) is 0 Å². The number of ether oxygens (including phenoxy) is 1. The van der Waals surface area contributed by atoms with Gasteiger partial charge in [0.25, 0.3) is 5.91 Å². The summed E-state index contributed by atoms with van der Waals surface area (Å²) in [5.74, 6) is 0.741. The van der Waals surface area contributed by atoms with Gasteiger partial charge < -0.3 is 10.1 Å². The smallest absolute Gasteiger partial charge is 0.257 e. The lowest BCUT2D eigenvalue weighted by atomic mass is 10.1. The van der Waals surface area contributed by atoms with E-state index >= 15 is 0 Å². The number of hydrogen-bond acceptors (Lipinski definition) is 4. The Morgan fingerprint density at radius 2 is 2.21 bits per heavy atom. The number of aromatic nitrogens is 3. The molecular weight excluding hydrogens is 304 g/mol. The van der Waals surface area contributed by atoms with Crippen molar-refractivity contribution in [2.24, 2.45) is 0 Å². The maximum atomic E-state index is 12.6. The minimum atomic E-state index is -0.164. The van der Waals surface area contributed by atoms with Crippen molar-refractivity contribution in [3.63, 3.8) is 0 Å². The molecule has 2 aromatic heterocycles. The average Bonchev–Trinajstić information content (AvgIpc) is 2.90. The maximum absolute atomic E-state index is 12.6. The summed E-state index contributed by atoms with van der Waals surface area (Å²) in [4.78, 5) is 17.0. The van der Waals surface area contributed by atoms with E-state index in [2.05, 4.69) is 21.5 Å². The number of nitrogens with zero attached hydrogens (tertiary/aromatic N) is 3. The molecule has 1 N–H and O–H groups in total. The third kappa shape index (κ3) is 2.71. The van der Waals surface area contributed by atoms with Crippen LogP contribution >= 0.6 is 0 Å². The molecular formula is C18H18N4O2. The molecule has 3 heterocycles. The minimum Gasteiger partial charge on any atom is -0.491 e. The van der Waals surface area contributed by atoms with Crippen LogP contribution in [-0.4, -0.2) is 33.2 Å². The first-order chi connectivity index (χ1) is 11.7. The molecule has 0 spiro atoms. The first kappa shape index (κ1) is 14.7. The molecule has 122 valence electrons. The second kappa shape index (κ2) is 5.96. The summed E-state index contributed by atoms with van der Waals surface area (Å²) in [5, 5.41) is 7.24. The van der Waals surface area contributed by atoms with Crippen molar-refractivity contribution in [1.82, 2.24) is 19.9 Å². The summed E-state index contributed by atoms with van der Waals surface area (Å²) < 4.78 is 7.45. The Balaban J connectivity index is 1.51. The van der Waals surface area contributed by atoms with Gasteiger partial charge in [-0.05, 0) is 37.5 Å². The van der Waals surface area contributed by atoms with E-state index < -0.39 is 0 Å². The highest BCUT2D eigenvalue weighted by Gasteiger charge is 2.21. The number of benzene rings is 1. The van der Waals surface area contributed by atoms with Gasteiger partial charge in [0.05, 0.1) is 12.2 Å². The maximum Gasteiger partial charge on any atom is 0.257 e. The Labute approximate surface area is 139 Å². The Morgan fingerprint density at radius 1 is 1.33 bits per heavy atom. The first-order valence-corrected chi connectivity index (χ1v) is 8.03. The summed E-state index contributed by atoms with van der Waals surface area (Å²) >= 11 is 0. The lowest BCUT2D eigenvalue weighted by Gasteiger charge is -2.15. The Kier molecular flexibility index (Phi) is 3.65. The number of nitrogens with one attached hydrogen (secondary N) is 1. The van der Waals surface area contributed by atoms with Crippen molar-refractivity contribution in [3.05, 3.63) is 59.5 Å². The van der Waals surface area contributed by atoms with Crippen LogP contribution in [0, 0.1) is 6.92 Å². The molecule has 0 aliphatic carbocycles. The molecule has 24 heavy (non-hydrogen) atoms. The molecule has 0 radical (unpaired) electrons. The van der Waals surface area contributed by atoms with Crippen LogP contribution in [0.5, 0.6) is 5.75 Å². The number of fused-ring (bicyclic) bond motifs is 2. The minimum absolute atomic E-state index is 0.0374. The van der Waals surface area contributed by atoms with Gasteiger partial charge >= 0.3 is 0 Å². The van der Waals surface area contributed by atoms with Crippen LogP contribution < -0.4 is 10.1 Å². The van der Waals surface area contributed by atoms with Crippen LogP contribution in [0.3, 0.4) is 0 Å². The topological polar surface area (TPSA) is 68.5 Å². The quantitative estimate of drug-likeness (QED) is 0.785. The molecule has 6 nitrogen and oxygen atoms in total. The second-order valence-corrected chi connectivity index (χ2v) is 6.02. The van der Waals surface area contributed by atoms with E-state index in [1.54, 1.807) is 16.9 Å². The molecule has 0 saturated heterocycles. The monoisotopic (exact) mass is 322 g/mol. The number of carbonyl (C=O) groups excluding carboxylic acids is 1. The molecule has 0 saturated carbocycles. The van der Waals surface area contributed by atoms with Crippen LogP contribution in [0.2, 0.25) is 0 Å². The van der Waals surface area contributed by atoms with Crippen molar-refractivity contribution in [3.8, 4) is 5.75 Å². The number of hydrogen-bond donors (Lipinski definition) is 1. The Hall–Kier alpha value is -2.89. The van der Waals surface area contributed by atoms with Gasteiger partial charge in [0, 0.05) is 11.9 Å². The molecule has 1 aliphatic rings. The molecule has 1 aromatic carbocycles. The van der Waals surface area contributed by atoms with Crippen molar-refractivity contribution in [1.29, 1.82) is 0 Å². The van der Waals surface area contributed by atoms with Gasteiger partial charge in [-0.25, -0.2) is 9.50 Å². The number of aryl methyl sites for hydroxylation is 2. The molecule has 1 aliphatic heterocycles. The van der Waals surface area contributed by atoms with Crippen molar-refractivity contribution in [2.75, 3.05) is 6.61 Å². The molecule has 6 heteroatoms. The number of amides is 1. The van der Waals surface area contributed by atoms with Gasteiger partial charge in [-0.2, -0.15) is 5.10 Å². The van der Waals surface area contributed by atoms with Crippen LogP contribution in [0.25, 0.3) is 5.65 Å². The SMILES string of the molecule is Cc1ccn2ncc(C(=O)NC3CCc4ccccc4OC3)c2n1. The van der Waals surface area contributed by atoms with Gasteiger partial charge in [0.2, 0.25) is 0 Å². The van der Waals surface area contributed by atoms with Gasteiger partial charge in [-0.3, -0.25) is 4.79 Å². The van der Waals surface area contributed by atoms with E-state index in [-0.39, 0.29) is 11.9 Å². The van der Waals surface area contributed by atoms with E-state index in [9.17, 15) is 4.79 Å². The fraction of sp³-hybridized carbons (Fsp3) is 0.278. The van der Waals surface area contributed by atoms with E-state index in [0.717, 1.165) is 24.3 Å². The van der Waals surface area contributed by atoms with Crippen molar-refractivity contribution in [2.45, 2.75) is 25.8 Å². The molecule has 0 fully saturated rings. The Morgan fingerprint density at radius 3 is 3.12 bits per heavy atom. The van der Waals surface area contributed by atoms with Crippen molar-refractivity contribution < 1.29 is 9.53 Å². The van der Waals surface area contributed by atoms with Gasteiger partial charge in [0.1, 0.15) is 17.9 Å². The highest BCUT2D eigenvalue weighted by molar-refractivity contribution is 5.99. The number of rotatable bonds is 2. The summed E-state index contributed by atoms with van der Waals surface area (Å²) in [7, 11) is 0. The Bertz CT molecular complexity index is 876. The summed E-state index contributed by atoms with van der Waals surface area (Å²) in [5.41, 5.74) is 3.10. The van der Waals surface area contributed by atoms with Crippen molar-refractivity contribution >= 4 is 11.6 Å². The summed E-state index contributed by atoms with van der Waals surface area (Å²) in [6.45, 7) is 2.36. The lowest BCUT2D eigenvalue weighted by molar-refractivity contribution is 0.0923. The zero-order valence-electron chi connectivity index (χ0n) is 13.4. The average molecular weight is 322 g/mol. The normalized spacial score (nSPS) is 17.0. The summed E-state index contributed by atoms with van der Waals surface area (Å²) in [6.07, 6.45) is 5.09. The number of para-hydroxylation sites is 1. The van der Waals surface area contributed by atoms with Crippen LogP contribution in [-0.2, 0) is 6.42 Å². The van der Waals surface area contributed by atoms with E-state index in [0.29, 0.717) is 17.8 Å². The molecule has 1 amide bonds. The first-order valence-electron chi connectivity index (χ1n) is 8.03. The van der Waals surface area contributed by atoms with Crippen LogP contribution in [0.4, 0.5) is 0 Å². The standard InChI is InChI=1S/C18H18N4O2/c1-12-8-9-22-17(20-12)15(10-19-22)18(23)21-14-7-6-13-4-2-3-5-16(13)24-11-14/h2-5,8-10,14H,6-7,11H2,1H3,(H,21,23). The molecule has 3 aromatic rings. The predicted octanol–water partition coefficient (Wildman–Crippen LogP) is 2.16. The molecule has 4 rings (SSSR count). The van der Waals surface area contributed by atoms with Crippen LogP contribution in [0.1, 0.15) is 28.0 Å². The fourth-order valence-electron chi connectivity index (χ4n) is 2.95. The molecule has 1 unspecified atom stereocenters.